The number of fused-ring (bicyclic) bond motifs is 4. The summed E-state index contributed by atoms with van der Waals surface area (Å²) in [6, 6.07) is 6.75. The Morgan fingerprint density at radius 2 is 1.77 bits per heavy atom. The highest BCUT2D eigenvalue weighted by Crippen LogP contribution is 2.36. The Kier molecular flexibility index (Phi) is 10.8. The van der Waals surface area contributed by atoms with Crippen molar-refractivity contribution in [2.45, 2.75) is 90.0 Å². The van der Waals surface area contributed by atoms with Crippen LogP contribution in [0.4, 0.5) is 13.2 Å². The lowest BCUT2D eigenvalue weighted by Gasteiger charge is -2.40. The smallest absolute Gasteiger partial charge is 0.401 e. The van der Waals surface area contributed by atoms with Crippen LogP contribution in [0.25, 0.3) is 17.0 Å². The van der Waals surface area contributed by atoms with Gasteiger partial charge in [0.15, 0.2) is 0 Å². The lowest BCUT2D eigenvalue weighted by atomic mass is 9.76. The Hall–Kier alpha value is -3.59. The molecule has 0 radical (unpaired) electrons. The SMILES string of the molecule is CC(C)[C@@H]1NC(=O)C2(/C=C/c3ccc4ccc(nc4c3)[C@@H](C)OC(=O)[C@@H]3CCCN(N3)C(O)[C@H](C)NC1=O)CCN(CC(F)(F)F)CC2. The minimum Gasteiger partial charge on any atom is -0.455 e. The molecule has 3 aliphatic heterocycles. The largest absolute Gasteiger partial charge is 0.455 e. The van der Waals surface area contributed by atoms with Crippen molar-refractivity contribution in [3.8, 4) is 0 Å². The summed E-state index contributed by atoms with van der Waals surface area (Å²) in [5.74, 6) is -1.80. The van der Waals surface area contributed by atoms with E-state index in [1.807, 2.05) is 24.3 Å². The molecule has 1 aromatic heterocycles. The van der Waals surface area contributed by atoms with Crippen LogP contribution in [0.2, 0.25) is 0 Å². The molecule has 48 heavy (non-hydrogen) atoms. The van der Waals surface area contributed by atoms with Gasteiger partial charge in [-0.1, -0.05) is 44.2 Å². The molecule has 1 aromatic carbocycles. The molecule has 2 saturated heterocycles. The maximum Gasteiger partial charge on any atom is 0.401 e. The van der Waals surface area contributed by atoms with Gasteiger partial charge in [0.2, 0.25) is 11.8 Å². The van der Waals surface area contributed by atoms with Crippen molar-refractivity contribution in [1.29, 1.82) is 0 Å². The Bertz CT molecular complexity index is 1530. The number of nitrogens with zero attached hydrogens (tertiary/aromatic N) is 3. The number of benzene rings is 1. The number of nitrogens with one attached hydrogen (secondary N) is 3. The number of ether oxygens (including phenoxy) is 1. The summed E-state index contributed by atoms with van der Waals surface area (Å²) in [5.41, 5.74) is 3.76. The van der Waals surface area contributed by atoms with Gasteiger partial charge in [-0.2, -0.15) is 13.2 Å². The summed E-state index contributed by atoms with van der Waals surface area (Å²) in [6.07, 6.45) is -1.42. The van der Waals surface area contributed by atoms with Crippen LogP contribution in [0.1, 0.15) is 70.7 Å². The zero-order valence-electron chi connectivity index (χ0n) is 27.7. The third-order valence-electron chi connectivity index (χ3n) is 9.52. The third-order valence-corrected chi connectivity index (χ3v) is 9.52. The number of pyridine rings is 1. The Balaban J connectivity index is 1.51. The first-order chi connectivity index (χ1) is 22.6. The van der Waals surface area contributed by atoms with Crippen LogP contribution < -0.4 is 16.1 Å². The average Bonchev–Trinajstić information content (AvgIpc) is 3.04. The second-order valence-electron chi connectivity index (χ2n) is 13.6. The van der Waals surface area contributed by atoms with E-state index >= 15 is 0 Å². The highest BCUT2D eigenvalue weighted by atomic mass is 19.4. The number of cyclic esters (lactones) is 1. The molecular weight excluding hydrogens is 629 g/mol. The quantitative estimate of drug-likeness (QED) is 0.354. The molecular formula is C34H45F3N6O5. The number of aliphatic hydroxyl groups excluding tert-OH is 1. The van der Waals surface area contributed by atoms with Crippen molar-refractivity contribution in [3.63, 3.8) is 0 Å². The molecule has 2 amide bonds. The topological polar surface area (TPSA) is 136 Å². The Labute approximate surface area is 278 Å². The third kappa shape index (κ3) is 8.33. The highest BCUT2D eigenvalue weighted by Gasteiger charge is 2.43. The fraction of sp³-hybridized carbons (Fsp3) is 0.588. The highest BCUT2D eigenvalue weighted by molar-refractivity contribution is 5.92. The number of halogens is 3. The first kappa shape index (κ1) is 35.7. The normalized spacial score (nSPS) is 30.1. The number of aliphatic hydroxyl groups is 1. The molecule has 11 nitrogen and oxygen atoms in total. The van der Waals surface area contributed by atoms with Crippen molar-refractivity contribution in [3.05, 3.63) is 47.7 Å². The van der Waals surface area contributed by atoms with Gasteiger partial charge in [-0.25, -0.2) is 15.4 Å². The average molecular weight is 675 g/mol. The summed E-state index contributed by atoms with van der Waals surface area (Å²) in [7, 11) is 0. The molecule has 4 heterocycles. The number of hydrogen-bond acceptors (Lipinski definition) is 9. The number of aromatic nitrogens is 1. The predicted octanol–water partition coefficient (Wildman–Crippen LogP) is 3.44. The number of alkyl halides is 3. The molecule has 3 aliphatic rings. The van der Waals surface area contributed by atoms with Crippen LogP contribution in [0.3, 0.4) is 0 Å². The van der Waals surface area contributed by atoms with Crippen LogP contribution in [0.15, 0.2) is 36.4 Å². The van der Waals surface area contributed by atoms with Gasteiger partial charge in [-0.05, 0) is 76.2 Å². The fourth-order valence-corrected chi connectivity index (χ4v) is 6.54. The van der Waals surface area contributed by atoms with Crippen LogP contribution in [-0.2, 0) is 19.1 Å². The van der Waals surface area contributed by atoms with E-state index in [9.17, 15) is 32.7 Å². The number of hydrazine groups is 1. The lowest BCUT2D eigenvalue weighted by molar-refractivity contribution is -0.158. The second-order valence-corrected chi connectivity index (χ2v) is 13.6. The van der Waals surface area contributed by atoms with Crippen LogP contribution in [0, 0.1) is 11.3 Å². The number of carbonyl (C=O) groups is 3. The summed E-state index contributed by atoms with van der Waals surface area (Å²) in [4.78, 5) is 46.9. The second kappa shape index (κ2) is 14.5. The molecule has 1 spiro atoms. The molecule has 0 aliphatic carbocycles. The molecule has 2 aromatic rings. The van der Waals surface area contributed by atoms with E-state index in [0.29, 0.717) is 30.6 Å². The molecule has 2 unspecified atom stereocenters. The predicted molar refractivity (Wildman–Crippen MR) is 173 cm³/mol. The minimum atomic E-state index is -4.36. The number of likely N-dealkylation sites (tertiary alicyclic amines) is 1. The molecule has 5 rings (SSSR count). The van der Waals surface area contributed by atoms with E-state index in [-0.39, 0.29) is 31.8 Å². The van der Waals surface area contributed by atoms with Crippen LogP contribution in [-0.4, -0.2) is 94.5 Å². The molecule has 0 saturated carbocycles. The van der Waals surface area contributed by atoms with Crippen molar-refractivity contribution in [2.75, 3.05) is 26.2 Å². The van der Waals surface area contributed by atoms with Gasteiger partial charge in [-0.15, -0.1) is 0 Å². The lowest BCUT2D eigenvalue weighted by Crippen LogP contribution is -2.63. The van der Waals surface area contributed by atoms with E-state index in [0.717, 1.165) is 10.9 Å². The number of esters is 1. The maximum atomic E-state index is 14.1. The number of piperidine rings is 1. The number of carbonyl (C=O) groups excluding carboxylic acids is 3. The van der Waals surface area contributed by atoms with Crippen LogP contribution in [0.5, 0.6) is 0 Å². The number of hydrogen-bond donors (Lipinski definition) is 4. The first-order valence-corrected chi connectivity index (χ1v) is 16.6. The Morgan fingerprint density at radius 1 is 1.06 bits per heavy atom. The van der Waals surface area contributed by atoms with Gasteiger partial charge < -0.3 is 20.5 Å². The van der Waals surface area contributed by atoms with E-state index in [1.165, 1.54) is 9.91 Å². The van der Waals surface area contributed by atoms with Crippen molar-refractivity contribution in [1.82, 2.24) is 31.0 Å². The van der Waals surface area contributed by atoms with Crippen molar-refractivity contribution in [2.24, 2.45) is 11.3 Å². The molecule has 4 N–H and O–H groups in total. The Morgan fingerprint density at radius 3 is 2.46 bits per heavy atom. The number of amides is 2. The van der Waals surface area contributed by atoms with Gasteiger partial charge in [0.25, 0.3) is 0 Å². The van der Waals surface area contributed by atoms with E-state index < -0.39 is 66.4 Å². The van der Waals surface area contributed by atoms with E-state index in [2.05, 4.69) is 16.1 Å². The summed E-state index contributed by atoms with van der Waals surface area (Å²) < 4.78 is 45.4. The van der Waals surface area contributed by atoms with Crippen LogP contribution >= 0.6 is 0 Å². The van der Waals surface area contributed by atoms with Gasteiger partial charge in [0, 0.05) is 11.9 Å². The van der Waals surface area contributed by atoms with E-state index in [1.54, 1.807) is 45.9 Å². The van der Waals surface area contributed by atoms with Gasteiger partial charge in [-0.3, -0.25) is 19.3 Å². The van der Waals surface area contributed by atoms with Gasteiger partial charge in [0.1, 0.15) is 24.4 Å². The monoisotopic (exact) mass is 674 g/mol. The summed E-state index contributed by atoms with van der Waals surface area (Å²) in [6.45, 7) is 6.35. The van der Waals surface area contributed by atoms with Gasteiger partial charge >= 0.3 is 12.1 Å². The zero-order chi connectivity index (χ0) is 34.8. The van der Waals surface area contributed by atoms with Crippen molar-refractivity contribution >= 4 is 34.8 Å². The molecule has 6 atom stereocenters. The molecule has 5 bridgehead atoms. The minimum absolute atomic E-state index is 0.0438. The number of rotatable bonds is 2. The molecule has 14 heteroatoms. The standard InChI is InChI=1S/C34H45F3N6O5/c1-20(2)28-29(44)38-21(3)30(45)43-15-5-6-26(41-43)31(46)48-22(4)25-10-9-24-8-7-23(18-27(24)39-25)11-12-33(32(47)40-28)13-16-42(17-14-33)19-34(35,36)37/h7-12,18,20-22,26,28,30,41,45H,5-6,13-17,19H2,1-4H3,(H,38,44)(H,40,47)/b12-11+/t21-,22+,26-,28-,30?/m0/s1. The van der Waals surface area contributed by atoms with Crippen molar-refractivity contribution < 1.29 is 37.4 Å². The van der Waals surface area contributed by atoms with Gasteiger partial charge in [0.05, 0.1) is 29.2 Å². The first-order valence-electron chi connectivity index (χ1n) is 16.6. The van der Waals surface area contributed by atoms with E-state index in [4.69, 9.17) is 9.72 Å². The maximum absolute atomic E-state index is 14.1. The summed E-state index contributed by atoms with van der Waals surface area (Å²) >= 11 is 0. The summed E-state index contributed by atoms with van der Waals surface area (Å²) in [5, 5.41) is 19.2. The fourth-order valence-electron chi connectivity index (χ4n) is 6.54. The zero-order valence-corrected chi connectivity index (χ0v) is 27.7. The molecule has 2 fully saturated rings. The molecule has 262 valence electrons.